The van der Waals surface area contributed by atoms with Crippen molar-refractivity contribution in [3.8, 4) is 11.8 Å². The standard InChI is InChI=1S/C16H16N2O2S/c1-12-4-5-13(3-2-9-19)14(11-12)16(20)18-7-6-15-17-8-10-21-15/h4-5,8,10-11,19H,6-7,9H2,1H3,(H,18,20). The van der Waals surface area contributed by atoms with Crippen molar-refractivity contribution >= 4 is 17.2 Å². The number of aryl methyl sites for hydroxylation is 1. The van der Waals surface area contributed by atoms with E-state index in [-0.39, 0.29) is 12.5 Å². The maximum Gasteiger partial charge on any atom is 0.252 e. The highest BCUT2D eigenvalue weighted by molar-refractivity contribution is 7.09. The number of carbonyl (C=O) groups is 1. The van der Waals surface area contributed by atoms with E-state index in [0.29, 0.717) is 24.1 Å². The fraction of sp³-hybridized carbons (Fsp3) is 0.250. The van der Waals surface area contributed by atoms with E-state index in [1.165, 1.54) is 0 Å². The summed E-state index contributed by atoms with van der Waals surface area (Å²) in [7, 11) is 0. The van der Waals surface area contributed by atoms with Crippen LogP contribution in [-0.4, -0.2) is 29.1 Å². The fourth-order valence-corrected chi connectivity index (χ4v) is 2.46. The Morgan fingerprint density at radius 2 is 2.33 bits per heavy atom. The number of carbonyl (C=O) groups excluding carboxylic acids is 1. The van der Waals surface area contributed by atoms with E-state index in [1.54, 1.807) is 29.7 Å². The number of rotatable bonds is 4. The molecule has 0 aliphatic rings. The third-order valence-electron chi connectivity index (χ3n) is 2.83. The van der Waals surface area contributed by atoms with Gasteiger partial charge in [-0.15, -0.1) is 11.3 Å². The van der Waals surface area contributed by atoms with Gasteiger partial charge in [0.25, 0.3) is 5.91 Å². The van der Waals surface area contributed by atoms with Crippen LogP contribution in [0.2, 0.25) is 0 Å². The highest BCUT2D eigenvalue weighted by atomic mass is 32.1. The molecule has 0 aliphatic heterocycles. The Kier molecular flexibility index (Phi) is 5.50. The summed E-state index contributed by atoms with van der Waals surface area (Å²) in [6.45, 7) is 2.24. The van der Waals surface area contributed by atoms with Crippen LogP contribution in [-0.2, 0) is 6.42 Å². The Bertz CT molecular complexity index is 669. The molecule has 2 N–H and O–H groups in total. The van der Waals surface area contributed by atoms with Crippen molar-refractivity contribution in [3.05, 3.63) is 51.5 Å². The number of aromatic nitrogens is 1. The Morgan fingerprint density at radius 1 is 1.48 bits per heavy atom. The molecule has 1 amide bonds. The minimum Gasteiger partial charge on any atom is -0.384 e. The lowest BCUT2D eigenvalue weighted by Crippen LogP contribution is -2.26. The molecule has 0 bridgehead atoms. The van der Waals surface area contributed by atoms with Gasteiger partial charge in [0.05, 0.1) is 10.6 Å². The number of aliphatic hydroxyl groups excluding tert-OH is 1. The number of thiazole rings is 1. The largest absolute Gasteiger partial charge is 0.384 e. The number of nitrogens with zero attached hydrogens (tertiary/aromatic N) is 1. The van der Waals surface area contributed by atoms with Crippen LogP contribution in [0, 0.1) is 18.8 Å². The molecule has 0 saturated heterocycles. The molecule has 0 fully saturated rings. The molecule has 0 unspecified atom stereocenters. The molecule has 4 nitrogen and oxygen atoms in total. The smallest absolute Gasteiger partial charge is 0.252 e. The average Bonchev–Trinajstić information content (AvgIpc) is 2.99. The summed E-state index contributed by atoms with van der Waals surface area (Å²) in [4.78, 5) is 16.4. The zero-order valence-electron chi connectivity index (χ0n) is 11.7. The molecule has 21 heavy (non-hydrogen) atoms. The first kappa shape index (κ1) is 15.2. The lowest BCUT2D eigenvalue weighted by molar-refractivity contribution is 0.0954. The quantitative estimate of drug-likeness (QED) is 0.846. The van der Waals surface area contributed by atoms with Gasteiger partial charge in [-0.05, 0) is 19.1 Å². The summed E-state index contributed by atoms with van der Waals surface area (Å²) in [6.07, 6.45) is 2.47. The molecule has 0 atom stereocenters. The number of hydrogen-bond donors (Lipinski definition) is 2. The van der Waals surface area contributed by atoms with Crippen molar-refractivity contribution < 1.29 is 9.90 Å². The molecule has 5 heteroatoms. The van der Waals surface area contributed by atoms with Crippen LogP contribution in [0.25, 0.3) is 0 Å². The van der Waals surface area contributed by atoms with Gasteiger partial charge in [-0.2, -0.15) is 0 Å². The molecule has 108 valence electrons. The number of benzene rings is 1. The second-order valence-electron chi connectivity index (χ2n) is 4.44. The van der Waals surface area contributed by atoms with E-state index in [1.807, 2.05) is 18.4 Å². The third-order valence-corrected chi connectivity index (χ3v) is 3.67. The number of amides is 1. The summed E-state index contributed by atoms with van der Waals surface area (Å²) in [5.41, 5.74) is 2.16. The van der Waals surface area contributed by atoms with E-state index >= 15 is 0 Å². The van der Waals surface area contributed by atoms with Crippen LogP contribution >= 0.6 is 11.3 Å². The summed E-state index contributed by atoms with van der Waals surface area (Å²) < 4.78 is 0. The second kappa shape index (κ2) is 7.58. The summed E-state index contributed by atoms with van der Waals surface area (Å²) in [5.74, 6) is 5.22. The van der Waals surface area contributed by atoms with Crippen LogP contribution in [0.1, 0.15) is 26.5 Å². The topological polar surface area (TPSA) is 62.2 Å². The molecule has 2 rings (SSSR count). The predicted molar refractivity (Wildman–Crippen MR) is 83.3 cm³/mol. The summed E-state index contributed by atoms with van der Waals surface area (Å²) >= 11 is 1.57. The lowest BCUT2D eigenvalue weighted by atomic mass is 10.0. The first-order valence-electron chi connectivity index (χ1n) is 6.57. The van der Waals surface area contributed by atoms with Gasteiger partial charge in [0.15, 0.2) is 0 Å². The maximum atomic E-state index is 12.3. The minimum absolute atomic E-state index is 0.155. The zero-order chi connectivity index (χ0) is 15.1. The van der Waals surface area contributed by atoms with Gasteiger partial charge in [0.2, 0.25) is 0 Å². The normalized spacial score (nSPS) is 9.81. The molecular formula is C16H16N2O2S. The zero-order valence-corrected chi connectivity index (χ0v) is 12.5. The van der Waals surface area contributed by atoms with Crippen molar-refractivity contribution in [2.45, 2.75) is 13.3 Å². The fourth-order valence-electron chi connectivity index (χ4n) is 1.84. The molecule has 1 aromatic heterocycles. The molecule has 0 aliphatic carbocycles. The van der Waals surface area contributed by atoms with Gasteiger partial charge in [-0.1, -0.05) is 23.5 Å². The summed E-state index contributed by atoms with van der Waals surface area (Å²) in [5, 5.41) is 14.6. The predicted octanol–water partition coefficient (Wildman–Crippen LogP) is 1.77. The number of hydrogen-bond acceptors (Lipinski definition) is 4. The van der Waals surface area contributed by atoms with Gasteiger partial charge in [-0.3, -0.25) is 4.79 Å². The molecular weight excluding hydrogens is 284 g/mol. The number of nitrogens with one attached hydrogen (secondary N) is 1. The minimum atomic E-state index is -0.223. The van der Waals surface area contributed by atoms with Gasteiger partial charge >= 0.3 is 0 Å². The third kappa shape index (κ3) is 4.42. The Labute approximate surface area is 127 Å². The molecule has 1 heterocycles. The molecule has 0 saturated carbocycles. The molecule has 0 spiro atoms. The molecule has 2 aromatic rings. The van der Waals surface area contributed by atoms with Crippen molar-refractivity contribution in [1.29, 1.82) is 0 Å². The van der Waals surface area contributed by atoms with Crippen molar-refractivity contribution in [2.75, 3.05) is 13.2 Å². The van der Waals surface area contributed by atoms with Crippen LogP contribution in [0.3, 0.4) is 0 Å². The average molecular weight is 300 g/mol. The number of aliphatic hydroxyl groups is 1. The van der Waals surface area contributed by atoms with Gasteiger partial charge in [0.1, 0.15) is 6.61 Å². The van der Waals surface area contributed by atoms with Crippen LogP contribution in [0.5, 0.6) is 0 Å². The second-order valence-corrected chi connectivity index (χ2v) is 5.42. The van der Waals surface area contributed by atoms with Crippen molar-refractivity contribution in [3.63, 3.8) is 0 Å². The van der Waals surface area contributed by atoms with E-state index in [4.69, 9.17) is 5.11 Å². The van der Waals surface area contributed by atoms with Crippen LogP contribution < -0.4 is 5.32 Å². The SMILES string of the molecule is Cc1ccc(C#CCO)c(C(=O)NCCc2nccs2)c1. The molecule has 0 radical (unpaired) electrons. The monoisotopic (exact) mass is 300 g/mol. The van der Waals surface area contributed by atoms with E-state index in [2.05, 4.69) is 22.1 Å². The van der Waals surface area contributed by atoms with Crippen molar-refractivity contribution in [1.82, 2.24) is 10.3 Å². The highest BCUT2D eigenvalue weighted by Gasteiger charge is 2.10. The van der Waals surface area contributed by atoms with Crippen molar-refractivity contribution in [2.24, 2.45) is 0 Å². The van der Waals surface area contributed by atoms with Crippen LogP contribution in [0.15, 0.2) is 29.8 Å². The van der Waals surface area contributed by atoms with Gasteiger partial charge in [-0.25, -0.2) is 4.98 Å². The Balaban J connectivity index is 2.05. The van der Waals surface area contributed by atoms with E-state index in [9.17, 15) is 4.79 Å². The van der Waals surface area contributed by atoms with E-state index < -0.39 is 0 Å². The lowest BCUT2D eigenvalue weighted by Gasteiger charge is -2.07. The Morgan fingerprint density at radius 3 is 3.05 bits per heavy atom. The van der Waals surface area contributed by atoms with Gasteiger partial charge in [0, 0.05) is 30.1 Å². The first-order valence-corrected chi connectivity index (χ1v) is 7.45. The van der Waals surface area contributed by atoms with E-state index in [0.717, 1.165) is 10.6 Å². The van der Waals surface area contributed by atoms with Crippen LogP contribution in [0.4, 0.5) is 0 Å². The highest BCUT2D eigenvalue weighted by Crippen LogP contribution is 2.11. The van der Waals surface area contributed by atoms with Gasteiger partial charge < -0.3 is 10.4 Å². The maximum absolute atomic E-state index is 12.3. The first-order chi connectivity index (χ1) is 10.2. The molecule has 1 aromatic carbocycles. The summed E-state index contributed by atoms with van der Waals surface area (Å²) in [6, 6.07) is 5.50. The Hall–Kier alpha value is -2.16.